The van der Waals surface area contributed by atoms with E-state index in [0.717, 1.165) is 6.42 Å². The molecule has 0 aliphatic carbocycles. The molecule has 1 fully saturated rings. The third-order valence-electron chi connectivity index (χ3n) is 7.60. The molecule has 1 heterocycles. The molecular formula is C31H59N3O12. The normalized spacial score (nSPS) is 22.6. The fourth-order valence-corrected chi connectivity index (χ4v) is 4.54. The molecule has 0 saturated carbocycles. The summed E-state index contributed by atoms with van der Waals surface area (Å²) in [7, 11) is 1.59. The van der Waals surface area contributed by atoms with Gasteiger partial charge in [0.15, 0.2) is 6.29 Å². The third kappa shape index (κ3) is 17.2. The van der Waals surface area contributed by atoms with Crippen LogP contribution in [0, 0.1) is 0 Å². The summed E-state index contributed by atoms with van der Waals surface area (Å²) in [5.74, 6) is -0.599. The highest BCUT2D eigenvalue weighted by atomic mass is 16.7. The Morgan fingerprint density at radius 2 is 1.59 bits per heavy atom. The van der Waals surface area contributed by atoms with Crippen LogP contribution in [-0.4, -0.2) is 134 Å². The lowest BCUT2D eigenvalue weighted by Gasteiger charge is -2.42. The minimum atomic E-state index is -1.39. The van der Waals surface area contributed by atoms with E-state index in [-0.39, 0.29) is 31.6 Å². The van der Waals surface area contributed by atoms with Gasteiger partial charge in [-0.2, -0.15) is 0 Å². The smallest absolute Gasteiger partial charge is 0.407 e. The van der Waals surface area contributed by atoms with Gasteiger partial charge in [-0.3, -0.25) is 9.59 Å². The molecule has 0 spiro atoms. The molecule has 0 bridgehead atoms. The molecule has 270 valence electrons. The number of methoxy groups -OCH3 is 1. The lowest BCUT2D eigenvalue weighted by atomic mass is 9.97. The number of carbonyl (C=O) groups is 3. The average molecular weight is 666 g/mol. The molecule has 15 nitrogen and oxygen atoms in total. The molecule has 0 aromatic heterocycles. The third-order valence-corrected chi connectivity index (χ3v) is 7.60. The monoisotopic (exact) mass is 665 g/mol. The van der Waals surface area contributed by atoms with Gasteiger partial charge in [0.2, 0.25) is 11.8 Å². The first kappa shape index (κ1) is 41.9. The van der Waals surface area contributed by atoms with Crippen LogP contribution in [0.3, 0.4) is 0 Å². The molecule has 1 aliphatic heterocycles. The standard InChI is InChI=1S/C31H59N3O12/c1-8-22(41-7)20-43-29(40)33-15-12-30(3,4)45-18-13-31(5,6)44-17-10-14-32-24(37)11-9-16-42-28-25(34-21(2)36)27(39)26(38)23(19-35)46-28/h22-23,25-28,35,38-39H,8-20H2,1-7H3,(H,32,37)(H,33,40)(H,34,36). The molecule has 1 saturated heterocycles. The summed E-state index contributed by atoms with van der Waals surface area (Å²) < 4.78 is 33.5. The summed E-state index contributed by atoms with van der Waals surface area (Å²) in [4.78, 5) is 35.6. The van der Waals surface area contributed by atoms with Crippen molar-refractivity contribution in [1.82, 2.24) is 16.0 Å². The quantitative estimate of drug-likeness (QED) is 0.0838. The molecule has 1 rings (SSSR count). The van der Waals surface area contributed by atoms with Gasteiger partial charge in [0, 0.05) is 40.2 Å². The van der Waals surface area contributed by atoms with Crippen molar-refractivity contribution in [2.45, 2.75) is 128 Å². The van der Waals surface area contributed by atoms with Crippen LogP contribution >= 0.6 is 0 Å². The Bertz CT molecular complexity index is 887. The fourth-order valence-electron chi connectivity index (χ4n) is 4.54. The topological polar surface area (TPSA) is 203 Å². The van der Waals surface area contributed by atoms with Crippen molar-refractivity contribution < 1.29 is 58.1 Å². The van der Waals surface area contributed by atoms with Gasteiger partial charge in [0.1, 0.15) is 31.0 Å². The molecule has 0 aromatic rings. The maximum Gasteiger partial charge on any atom is 0.407 e. The average Bonchev–Trinajstić information content (AvgIpc) is 2.98. The summed E-state index contributed by atoms with van der Waals surface area (Å²) in [5.41, 5.74) is -0.870. The van der Waals surface area contributed by atoms with Gasteiger partial charge in [0.25, 0.3) is 0 Å². The predicted octanol–water partition coefficient (Wildman–Crippen LogP) is 0.755. The maximum absolute atomic E-state index is 12.2. The van der Waals surface area contributed by atoms with Crippen LogP contribution in [0.2, 0.25) is 0 Å². The van der Waals surface area contributed by atoms with Crippen LogP contribution in [0.25, 0.3) is 0 Å². The molecule has 6 atom stereocenters. The van der Waals surface area contributed by atoms with Crippen LogP contribution in [-0.2, 0) is 38.0 Å². The van der Waals surface area contributed by atoms with E-state index >= 15 is 0 Å². The van der Waals surface area contributed by atoms with E-state index in [1.54, 1.807) is 7.11 Å². The highest BCUT2D eigenvalue weighted by molar-refractivity contribution is 5.75. The Balaban J connectivity index is 2.21. The minimum Gasteiger partial charge on any atom is -0.447 e. The van der Waals surface area contributed by atoms with Gasteiger partial charge in [-0.25, -0.2) is 4.79 Å². The number of hydrogen-bond donors (Lipinski definition) is 6. The first-order valence-electron chi connectivity index (χ1n) is 16.1. The Hall–Kier alpha value is -2.11. The molecule has 3 amide bonds. The van der Waals surface area contributed by atoms with Gasteiger partial charge >= 0.3 is 6.09 Å². The van der Waals surface area contributed by atoms with E-state index in [4.69, 9.17) is 28.4 Å². The number of ether oxygens (including phenoxy) is 6. The summed E-state index contributed by atoms with van der Waals surface area (Å²) in [5, 5.41) is 37.9. The van der Waals surface area contributed by atoms with E-state index < -0.39 is 60.5 Å². The van der Waals surface area contributed by atoms with Crippen molar-refractivity contribution >= 4 is 17.9 Å². The second kappa shape index (κ2) is 21.7. The number of carbonyl (C=O) groups excluding carboxylic acids is 3. The zero-order valence-corrected chi connectivity index (χ0v) is 28.7. The van der Waals surface area contributed by atoms with Gasteiger partial charge in [-0.15, -0.1) is 0 Å². The van der Waals surface area contributed by atoms with Gasteiger partial charge in [0.05, 0.1) is 37.1 Å². The molecule has 6 unspecified atom stereocenters. The Labute approximate surface area is 273 Å². The maximum atomic E-state index is 12.2. The first-order valence-corrected chi connectivity index (χ1v) is 16.1. The number of alkyl carbamates (subject to hydrolysis) is 1. The van der Waals surface area contributed by atoms with E-state index in [2.05, 4.69) is 16.0 Å². The van der Waals surface area contributed by atoms with Gasteiger partial charge in [-0.05, 0) is 59.8 Å². The van der Waals surface area contributed by atoms with Crippen LogP contribution < -0.4 is 16.0 Å². The Morgan fingerprint density at radius 1 is 0.913 bits per heavy atom. The SMILES string of the molecule is CCC(COC(=O)NCCC(C)(C)OCCC(C)(C)OCCCNC(=O)CCCOC1OC(CO)C(O)C(O)C1NC(C)=O)OC. The number of rotatable bonds is 23. The second-order valence-electron chi connectivity index (χ2n) is 12.6. The number of nitrogens with one attached hydrogen (secondary N) is 3. The molecule has 6 N–H and O–H groups in total. The van der Waals surface area contributed by atoms with E-state index in [1.807, 2.05) is 34.6 Å². The van der Waals surface area contributed by atoms with Gasteiger partial charge < -0.3 is 59.7 Å². The molecular weight excluding hydrogens is 606 g/mol. The summed E-state index contributed by atoms with van der Waals surface area (Å²) in [6, 6.07) is -1.02. The molecule has 1 aliphatic rings. The van der Waals surface area contributed by atoms with Crippen LogP contribution in [0.15, 0.2) is 0 Å². The largest absolute Gasteiger partial charge is 0.447 e. The highest BCUT2D eigenvalue weighted by Crippen LogP contribution is 2.23. The van der Waals surface area contributed by atoms with Crippen molar-refractivity contribution in [3.8, 4) is 0 Å². The van der Waals surface area contributed by atoms with Crippen molar-refractivity contribution in [2.24, 2.45) is 0 Å². The van der Waals surface area contributed by atoms with Crippen molar-refractivity contribution in [3.05, 3.63) is 0 Å². The lowest BCUT2D eigenvalue weighted by Crippen LogP contribution is -2.64. The summed E-state index contributed by atoms with van der Waals surface area (Å²) in [6.45, 7) is 12.7. The van der Waals surface area contributed by atoms with Crippen molar-refractivity contribution in [1.29, 1.82) is 0 Å². The number of aliphatic hydroxyl groups is 3. The molecule has 0 radical (unpaired) electrons. The summed E-state index contributed by atoms with van der Waals surface area (Å²) in [6.07, 6.45) is -2.31. The fraction of sp³-hybridized carbons (Fsp3) is 0.903. The molecule has 15 heteroatoms. The Morgan fingerprint density at radius 3 is 2.22 bits per heavy atom. The minimum absolute atomic E-state index is 0.0999. The number of hydrogen-bond acceptors (Lipinski definition) is 12. The molecule has 0 aromatic carbocycles. The van der Waals surface area contributed by atoms with Crippen molar-refractivity contribution in [3.63, 3.8) is 0 Å². The predicted molar refractivity (Wildman–Crippen MR) is 168 cm³/mol. The van der Waals surface area contributed by atoms with Gasteiger partial charge in [-0.1, -0.05) is 6.92 Å². The zero-order chi connectivity index (χ0) is 34.8. The second-order valence-corrected chi connectivity index (χ2v) is 12.6. The lowest BCUT2D eigenvalue weighted by molar-refractivity contribution is -0.270. The van der Waals surface area contributed by atoms with E-state index in [1.165, 1.54) is 6.92 Å². The molecule has 46 heavy (non-hydrogen) atoms. The summed E-state index contributed by atoms with van der Waals surface area (Å²) >= 11 is 0. The number of aliphatic hydroxyl groups excluding tert-OH is 3. The van der Waals surface area contributed by atoms with Crippen LogP contribution in [0.4, 0.5) is 4.79 Å². The first-order chi connectivity index (χ1) is 21.6. The Kier molecular flexibility index (Phi) is 19.8. The zero-order valence-electron chi connectivity index (χ0n) is 28.7. The van der Waals surface area contributed by atoms with E-state index in [9.17, 15) is 29.7 Å². The van der Waals surface area contributed by atoms with Crippen LogP contribution in [0.1, 0.15) is 80.1 Å². The van der Waals surface area contributed by atoms with Crippen LogP contribution in [0.5, 0.6) is 0 Å². The van der Waals surface area contributed by atoms with E-state index in [0.29, 0.717) is 52.0 Å². The van der Waals surface area contributed by atoms with Crippen molar-refractivity contribution in [2.75, 3.05) is 53.2 Å². The number of amides is 3. The highest BCUT2D eigenvalue weighted by Gasteiger charge is 2.45.